The van der Waals surface area contributed by atoms with E-state index in [-0.39, 0.29) is 17.9 Å². The molecule has 2 aromatic heterocycles. The van der Waals surface area contributed by atoms with Gasteiger partial charge in [-0.05, 0) is 31.5 Å². The fraction of sp³-hybridized carbons (Fsp3) is 0.440. The summed E-state index contributed by atoms with van der Waals surface area (Å²) in [5, 5.41) is 1.03. The lowest BCUT2D eigenvalue weighted by Gasteiger charge is -2.26. The van der Waals surface area contributed by atoms with Crippen LogP contribution in [-0.2, 0) is 9.47 Å². The first-order valence-corrected chi connectivity index (χ1v) is 12.3. The average molecular weight is 501 g/mol. The van der Waals surface area contributed by atoms with Crippen molar-refractivity contribution in [2.75, 3.05) is 49.3 Å². The van der Waals surface area contributed by atoms with Crippen LogP contribution in [0.25, 0.3) is 11.0 Å². The van der Waals surface area contributed by atoms with Crippen LogP contribution < -0.4 is 9.80 Å². The molecule has 0 spiro atoms. The number of unbranched alkanes of at least 4 members (excludes halogenated alkanes) is 2. The molecule has 0 unspecified atom stereocenters. The summed E-state index contributed by atoms with van der Waals surface area (Å²) in [6.45, 7) is 7.00. The predicted molar refractivity (Wildman–Crippen MR) is 134 cm³/mol. The van der Waals surface area contributed by atoms with Gasteiger partial charge in [0.2, 0.25) is 11.7 Å². The highest BCUT2D eigenvalue weighted by Gasteiger charge is 2.30. The Labute approximate surface area is 209 Å². The Balaban J connectivity index is 1.74. The second-order valence-corrected chi connectivity index (χ2v) is 8.61. The van der Waals surface area contributed by atoms with Gasteiger partial charge in [-0.15, -0.1) is 0 Å². The molecule has 10 heteroatoms. The van der Waals surface area contributed by atoms with Crippen molar-refractivity contribution in [3.05, 3.63) is 46.9 Å². The van der Waals surface area contributed by atoms with Crippen molar-refractivity contribution in [2.24, 2.45) is 0 Å². The third kappa shape index (κ3) is 5.57. The Morgan fingerprint density at radius 3 is 2.57 bits per heavy atom. The normalized spacial score (nSPS) is 13.7. The van der Waals surface area contributed by atoms with E-state index < -0.39 is 11.9 Å². The molecule has 1 aliphatic rings. The minimum atomic E-state index is -0.542. The fourth-order valence-corrected chi connectivity index (χ4v) is 4.16. The fourth-order valence-electron chi connectivity index (χ4n) is 3.99. The standard InChI is InChI=1S/C25H29ClN4O5/c1-3-5-6-9-30(25(32)34-4-2)21-19-14-18(26)7-8-20(19)35-23(21)22(31)17-15-27-24(28-16-17)29-10-12-33-13-11-29/h7-8,14-16H,3-6,9-13H2,1-2H3. The molecule has 1 fully saturated rings. The Morgan fingerprint density at radius 2 is 1.89 bits per heavy atom. The Kier molecular flexibility index (Phi) is 8.20. The zero-order valence-electron chi connectivity index (χ0n) is 20.0. The minimum Gasteiger partial charge on any atom is -0.450 e. The maximum Gasteiger partial charge on any atom is 0.414 e. The van der Waals surface area contributed by atoms with Crippen LogP contribution in [0.3, 0.4) is 0 Å². The van der Waals surface area contributed by atoms with Crippen LogP contribution >= 0.6 is 11.6 Å². The number of fused-ring (bicyclic) bond motifs is 1. The SMILES string of the molecule is CCCCCN(C(=O)OCC)c1c(C(=O)c2cnc(N3CCOCC3)nc2)oc2ccc(Cl)cc12. The van der Waals surface area contributed by atoms with Crippen LogP contribution in [0.4, 0.5) is 16.4 Å². The maximum atomic E-state index is 13.6. The van der Waals surface area contributed by atoms with Crippen LogP contribution in [0.2, 0.25) is 5.02 Å². The summed E-state index contributed by atoms with van der Waals surface area (Å²) < 4.78 is 16.7. The molecule has 186 valence electrons. The van der Waals surface area contributed by atoms with E-state index in [0.29, 0.717) is 60.5 Å². The van der Waals surface area contributed by atoms with Crippen molar-refractivity contribution < 1.29 is 23.5 Å². The molecule has 0 N–H and O–H groups in total. The summed E-state index contributed by atoms with van der Waals surface area (Å²) in [4.78, 5) is 38.8. The summed E-state index contributed by atoms with van der Waals surface area (Å²) in [5.74, 6) is 0.134. The second-order valence-electron chi connectivity index (χ2n) is 8.18. The van der Waals surface area contributed by atoms with Gasteiger partial charge in [0.05, 0.1) is 25.4 Å². The van der Waals surface area contributed by atoms with Crippen LogP contribution in [0.15, 0.2) is 35.0 Å². The Morgan fingerprint density at radius 1 is 1.14 bits per heavy atom. The quantitative estimate of drug-likeness (QED) is 0.296. The number of nitrogens with zero attached hydrogens (tertiary/aromatic N) is 4. The molecule has 1 aliphatic heterocycles. The average Bonchev–Trinajstić information content (AvgIpc) is 3.25. The Bertz CT molecular complexity index is 1170. The number of anilines is 2. The molecule has 0 atom stereocenters. The van der Waals surface area contributed by atoms with Crippen molar-refractivity contribution in [3.63, 3.8) is 0 Å². The van der Waals surface area contributed by atoms with Gasteiger partial charge in [-0.3, -0.25) is 9.69 Å². The van der Waals surface area contributed by atoms with E-state index in [1.165, 1.54) is 17.3 Å². The number of rotatable bonds is 9. The third-order valence-corrected chi connectivity index (χ3v) is 6.00. The molecule has 35 heavy (non-hydrogen) atoms. The first-order valence-electron chi connectivity index (χ1n) is 11.9. The lowest BCUT2D eigenvalue weighted by Crippen LogP contribution is -2.37. The van der Waals surface area contributed by atoms with Gasteiger partial charge in [0.15, 0.2) is 5.76 Å². The second kappa shape index (κ2) is 11.5. The van der Waals surface area contributed by atoms with E-state index in [9.17, 15) is 9.59 Å². The molecule has 0 bridgehead atoms. The molecule has 1 amide bonds. The molecule has 0 saturated carbocycles. The number of hydrogen-bond acceptors (Lipinski definition) is 8. The van der Waals surface area contributed by atoms with Crippen molar-refractivity contribution in [1.29, 1.82) is 0 Å². The molecular formula is C25H29ClN4O5. The Hall–Kier alpha value is -3.17. The van der Waals surface area contributed by atoms with Crippen molar-refractivity contribution >= 4 is 46.1 Å². The summed E-state index contributed by atoms with van der Waals surface area (Å²) in [6.07, 6.45) is 5.07. The lowest BCUT2D eigenvalue weighted by molar-refractivity contribution is 0.101. The van der Waals surface area contributed by atoms with E-state index in [4.69, 9.17) is 25.5 Å². The van der Waals surface area contributed by atoms with Gasteiger partial charge in [-0.2, -0.15) is 0 Å². The number of halogens is 1. The van der Waals surface area contributed by atoms with E-state index in [1.54, 1.807) is 25.1 Å². The van der Waals surface area contributed by atoms with Crippen LogP contribution in [0.5, 0.6) is 0 Å². The molecule has 1 aromatic carbocycles. The molecule has 3 aromatic rings. The monoisotopic (exact) mass is 500 g/mol. The topological polar surface area (TPSA) is 98.0 Å². The van der Waals surface area contributed by atoms with E-state index >= 15 is 0 Å². The summed E-state index contributed by atoms with van der Waals surface area (Å²) >= 11 is 6.27. The molecule has 0 aliphatic carbocycles. The van der Waals surface area contributed by atoms with Gasteiger partial charge in [0.1, 0.15) is 11.3 Å². The van der Waals surface area contributed by atoms with Gasteiger partial charge < -0.3 is 18.8 Å². The molecule has 0 radical (unpaired) electrons. The molecule has 3 heterocycles. The highest BCUT2D eigenvalue weighted by molar-refractivity contribution is 6.31. The van der Waals surface area contributed by atoms with Crippen LogP contribution in [-0.4, -0.2) is 61.3 Å². The van der Waals surface area contributed by atoms with Gasteiger partial charge in [-0.1, -0.05) is 31.4 Å². The molecule has 9 nitrogen and oxygen atoms in total. The smallest absolute Gasteiger partial charge is 0.414 e. The predicted octanol–water partition coefficient (Wildman–Crippen LogP) is 5.10. The first kappa shape index (κ1) is 24.9. The molecule has 4 rings (SSSR count). The van der Waals surface area contributed by atoms with E-state index in [1.807, 2.05) is 4.90 Å². The van der Waals surface area contributed by atoms with Crippen molar-refractivity contribution in [1.82, 2.24) is 9.97 Å². The van der Waals surface area contributed by atoms with E-state index in [2.05, 4.69) is 16.9 Å². The number of carbonyl (C=O) groups excluding carboxylic acids is 2. The summed E-state index contributed by atoms with van der Waals surface area (Å²) in [7, 11) is 0. The number of ether oxygens (including phenoxy) is 2. The number of hydrogen-bond donors (Lipinski definition) is 0. The third-order valence-electron chi connectivity index (χ3n) is 5.77. The number of morpholine rings is 1. The van der Waals surface area contributed by atoms with Crippen molar-refractivity contribution in [3.8, 4) is 0 Å². The maximum absolute atomic E-state index is 13.6. The molecule has 1 saturated heterocycles. The van der Waals surface area contributed by atoms with Gasteiger partial charge in [0.25, 0.3) is 0 Å². The summed E-state index contributed by atoms with van der Waals surface area (Å²) in [6, 6.07) is 5.05. The van der Waals surface area contributed by atoms with Crippen molar-refractivity contribution in [2.45, 2.75) is 33.1 Å². The number of furan rings is 1. The highest BCUT2D eigenvalue weighted by Crippen LogP contribution is 2.37. The van der Waals surface area contributed by atoms with Gasteiger partial charge in [0, 0.05) is 42.4 Å². The molecular weight excluding hydrogens is 472 g/mol. The zero-order valence-corrected chi connectivity index (χ0v) is 20.7. The summed E-state index contributed by atoms with van der Waals surface area (Å²) in [5.41, 5.74) is 1.05. The van der Waals surface area contributed by atoms with Gasteiger partial charge in [-0.25, -0.2) is 14.8 Å². The number of amides is 1. The van der Waals surface area contributed by atoms with Crippen LogP contribution in [0.1, 0.15) is 49.2 Å². The highest BCUT2D eigenvalue weighted by atomic mass is 35.5. The van der Waals surface area contributed by atoms with E-state index in [0.717, 1.165) is 19.3 Å². The zero-order chi connectivity index (χ0) is 24.8. The van der Waals surface area contributed by atoms with Crippen LogP contribution in [0, 0.1) is 0 Å². The minimum absolute atomic E-state index is 0.0227. The number of aromatic nitrogens is 2. The number of benzene rings is 1. The van der Waals surface area contributed by atoms with Gasteiger partial charge >= 0.3 is 6.09 Å². The first-order chi connectivity index (χ1) is 17.0. The lowest BCUT2D eigenvalue weighted by atomic mass is 10.1. The number of ketones is 1. The number of carbonyl (C=O) groups is 2. The largest absolute Gasteiger partial charge is 0.450 e.